The maximum absolute atomic E-state index is 5.88. The van der Waals surface area contributed by atoms with E-state index in [9.17, 15) is 0 Å². The maximum Gasteiger partial charge on any atom is 0.131 e. The van der Waals surface area contributed by atoms with Crippen molar-refractivity contribution in [2.45, 2.75) is 12.5 Å². The molecule has 0 amide bonds. The van der Waals surface area contributed by atoms with Gasteiger partial charge in [-0.25, -0.2) is 0 Å². The van der Waals surface area contributed by atoms with E-state index in [0.717, 1.165) is 18.8 Å². The zero-order chi connectivity index (χ0) is 10.2. The van der Waals surface area contributed by atoms with Crippen LogP contribution < -0.4 is 10.1 Å². The second kappa shape index (κ2) is 3.61. The maximum atomic E-state index is 5.88. The van der Waals surface area contributed by atoms with Crippen LogP contribution in [0.15, 0.2) is 18.2 Å². The van der Waals surface area contributed by atoms with E-state index in [1.807, 2.05) is 6.07 Å². The van der Waals surface area contributed by atoms with Gasteiger partial charge in [0.05, 0.1) is 10.0 Å². The van der Waals surface area contributed by atoms with E-state index >= 15 is 0 Å². The Balaban J connectivity index is 2.13. The van der Waals surface area contributed by atoms with Gasteiger partial charge in [-0.05, 0) is 19.1 Å². The zero-order valence-corrected chi connectivity index (χ0v) is 9.32. The van der Waals surface area contributed by atoms with Gasteiger partial charge in [-0.2, -0.15) is 0 Å². The van der Waals surface area contributed by atoms with Crippen LogP contribution in [0.1, 0.15) is 6.92 Å². The number of hydrogen-bond donors (Lipinski definition) is 1. The minimum absolute atomic E-state index is 0.100. The lowest BCUT2D eigenvalue weighted by Crippen LogP contribution is -2.60. The number of ether oxygens (including phenoxy) is 1. The predicted molar refractivity (Wildman–Crippen MR) is 58.4 cm³/mol. The van der Waals surface area contributed by atoms with Crippen LogP contribution in [0.2, 0.25) is 10.0 Å². The first-order valence-electron chi connectivity index (χ1n) is 4.44. The first kappa shape index (κ1) is 10.1. The molecule has 1 saturated heterocycles. The third kappa shape index (κ3) is 1.97. The van der Waals surface area contributed by atoms with E-state index in [0.29, 0.717) is 10.0 Å². The summed E-state index contributed by atoms with van der Waals surface area (Å²) in [7, 11) is 0. The smallest absolute Gasteiger partial charge is 0.131 e. The van der Waals surface area contributed by atoms with Crippen molar-refractivity contribution < 1.29 is 4.74 Å². The largest absolute Gasteiger partial charge is 0.485 e. The molecule has 4 heteroatoms. The fraction of sp³-hybridized carbons (Fsp3) is 0.400. The lowest BCUT2D eigenvalue weighted by molar-refractivity contribution is 0.0349. The van der Waals surface area contributed by atoms with Crippen LogP contribution in [0.5, 0.6) is 5.75 Å². The second-order valence-corrected chi connectivity index (χ2v) is 4.55. The summed E-state index contributed by atoms with van der Waals surface area (Å²) in [5, 5.41) is 4.24. The molecule has 0 aliphatic carbocycles. The molecule has 1 fully saturated rings. The average molecular weight is 232 g/mol. The standard InChI is InChI=1S/C10H11Cl2NO/c1-10(5-13-6-10)14-7-2-3-8(11)9(12)4-7/h2-4,13H,5-6H2,1H3. The number of benzene rings is 1. The third-order valence-electron chi connectivity index (χ3n) is 2.25. The van der Waals surface area contributed by atoms with Gasteiger partial charge in [0, 0.05) is 19.2 Å². The molecule has 1 aromatic carbocycles. The van der Waals surface area contributed by atoms with E-state index in [2.05, 4.69) is 12.2 Å². The molecule has 0 spiro atoms. The molecule has 0 bridgehead atoms. The van der Waals surface area contributed by atoms with Crippen molar-refractivity contribution in [3.05, 3.63) is 28.2 Å². The van der Waals surface area contributed by atoms with Crippen molar-refractivity contribution in [1.82, 2.24) is 5.32 Å². The highest BCUT2D eigenvalue weighted by Gasteiger charge is 2.33. The van der Waals surface area contributed by atoms with Crippen LogP contribution in [-0.4, -0.2) is 18.7 Å². The molecule has 1 aliphatic rings. The Kier molecular flexibility index (Phi) is 2.60. The Morgan fingerprint density at radius 1 is 1.29 bits per heavy atom. The summed E-state index contributed by atoms with van der Waals surface area (Å²) in [6, 6.07) is 5.32. The van der Waals surface area contributed by atoms with Crippen LogP contribution in [0, 0.1) is 0 Å². The van der Waals surface area contributed by atoms with Crippen molar-refractivity contribution in [3.63, 3.8) is 0 Å². The molecule has 76 valence electrons. The molecule has 1 heterocycles. The van der Waals surface area contributed by atoms with Crippen LogP contribution >= 0.6 is 23.2 Å². The number of rotatable bonds is 2. The van der Waals surface area contributed by atoms with Gasteiger partial charge >= 0.3 is 0 Å². The first-order valence-corrected chi connectivity index (χ1v) is 5.19. The molecular formula is C10H11Cl2NO. The summed E-state index contributed by atoms with van der Waals surface area (Å²) in [5.74, 6) is 0.767. The minimum atomic E-state index is -0.100. The summed E-state index contributed by atoms with van der Waals surface area (Å²) < 4.78 is 5.77. The molecule has 0 atom stereocenters. The Bertz CT molecular complexity index is 350. The lowest BCUT2D eigenvalue weighted by Gasteiger charge is -2.39. The topological polar surface area (TPSA) is 21.3 Å². The Morgan fingerprint density at radius 3 is 2.50 bits per heavy atom. The Hall–Kier alpha value is -0.440. The number of nitrogens with one attached hydrogen (secondary N) is 1. The van der Waals surface area contributed by atoms with Crippen LogP contribution in [-0.2, 0) is 0 Å². The van der Waals surface area contributed by atoms with Gasteiger partial charge in [0.25, 0.3) is 0 Å². The molecule has 2 nitrogen and oxygen atoms in total. The van der Waals surface area contributed by atoms with Gasteiger partial charge in [0.15, 0.2) is 0 Å². The van der Waals surface area contributed by atoms with Gasteiger partial charge < -0.3 is 10.1 Å². The molecule has 0 radical (unpaired) electrons. The normalized spacial score (nSPS) is 18.8. The second-order valence-electron chi connectivity index (χ2n) is 3.73. The van der Waals surface area contributed by atoms with E-state index < -0.39 is 0 Å². The molecule has 1 aliphatic heterocycles. The van der Waals surface area contributed by atoms with Crippen molar-refractivity contribution in [3.8, 4) is 5.75 Å². The first-order chi connectivity index (χ1) is 6.59. The Labute approximate surface area is 93.2 Å². The van der Waals surface area contributed by atoms with Gasteiger partial charge in [-0.15, -0.1) is 0 Å². The van der Waals surface area contributed by atoms with E-state index in [-0.39, 0.29) is 5.60 Å². The van der Waals surface area contributed by atoms with Crippen molar-refractivity contribution in [2.24, 2.45) is 0 Å². The molecule has 0 aromatic heterocycles. The molecule has 0 saturated carbocycles. The zero-order valence-electron chi connectivity index (χ0n) is 7.81. The quantitative estimate of drug-likeness (QED) is 0.846. The molecule has 0 unspecified atom stereocenters. The SMILES string of the molecule is CC1(Oc2ccc(Cl)c(Cl)c2)CNC1. The molecule has 2 rings (SSSR count). The van der Waals surface area contributed by atoms with Crippen LogP contribution in [0.25, 0.3) is 0 Å². The third-order valence-corrected chi connectivity index (χ3v) is 2.99. The predicted octanol–water partition coefficient (Wildman–Crippen LogP) is 2.73. The van der Waals surface area contributed by atoms with Gasteiger partial charge in [-0.1, -0.05) is 23.2 Å². The number of halogens is 2. The highest BCUT2D eigenvalue weighted by molar-refractivity contribution is 6.42. The highest BCUT2D eigenvalue weighted by atomic mass is 35.5. The van der Waals surface area contributed by atoms with Gasteiger partial charge in [-0.3, -0.25) is 0 Å². The van der Waals surface area contributed by atoms with Crippen molar-refractivity contribution in [2.75, 3.05) is 13.1 Å². The van der Waals surface area contributed by atoms with Crippen molar-refractivity contribution >= 4 is 23.2 Å². The minimum Gasteiger partial charge on any atom is -0.485 e. The van der Waals surface area contributed by atoms with E-state index in [1.165, 1.54) is 0 Å². The van der Waals surface area contributed by atoms with Crippen LogP contribution in [0.4, 0.5) is 0 Å². The summed E-state index contributed by atoms with van der Waals surface area (Å²) >= 11 is 11.7. The summed E-state index contributed by atoms with van der Waals surface area (Å²) in [6.07, 6.45) is 0. The average Bonchev–Trinajstić information content (AvgIpc) is 2.09. The lowest BCUT2D eigenvalue weighted by atomic mass is 10.00. The monoisotopic (exact) mass is 231 g/mol. The molecule has 14 heavy (non-hydrogen) atoms. The van der Waals surface area contributed by atoms with Gasteiger partial charge in [0.2, 0.25) is 0 Å². The summed E-state index contributed by atoms with van der Waals surface area (Å²) in [4.78, 5) is 0. The molecule has 1 N–H and O–H groups in total. The fourth-order valence-electron chi connectivity index (χ4n) is 1.37. The summed E-state index contributed by atoms with van der Waals surface area (Å²) in [6.45, 7) is 3.80. The highest BCUT2D eigenvalue weighted by Crippen LogP contribution is 2.29. The van der Waals surface area contributed by atoms with Gasteiger partial charge in [0.1, 0.15) is 11.4 Å². The van der Waals surface area contributed by atoms with E-state index in [4.69, 9.17) is 27.9 Å². The van der Waals surface area contributed by atoms with Crippen molar-refractivity contribution in [1.29, 1.82) is 0 Å². The molecular weight excluding hydrogens is 221 g/mol. The summed E-state index contributed by atoms with van der Waals surface area (Å²) in [5.41, 5.74) is -0.100. The molecule has 1 aromatic rings. The number of hydrogen-bond acceptors (Lipinski definition) is 2. The Morgan fingerprint density at radius 2 is 2.00 bits per heavy atom. The van der Waals surface area contributed by atoms with Crippen LogP contribution in [0.3, 0.4) is 0 Å². The van der Waals surface area contributed by atoms with E-state index in [1.54, 1.807) is 12.1 Å². The fourth-order valence-corrected chi connectivity index (χ4v) is 1.66.